The molecule has 0 aromatic carbocycles. The summed E-state index contributed by atoms with van der Waals surface area (Å²) >= 11 is 1.95. The molecule has 2 aliphatic rings. The zero-order valence-corrected chi connectivity index (χ0v) is 16.5. The van der Waals surface area contributed by atoms with Crippen LogP contribution in [-0.2, 0) is 4.74 Å². The van der Waals surface area contributed by atoms with E-state index in [2.05, 4.69) is 18.7 Å². The standard InChI is InChI=1S/C18H35N3O2S/c1-4-19(16-6-8-17(23-3)9-7-16)10-11-20(5-2)18(22)21-12-14-24-15-13-21/h16-17H,4-15H2,1-3H3. The Morgan fingerprint density at radius 3 is 2.29 bits per heavy atom. The maximum Gasteiger partial charge on any atom is 0.320 e. The number of carbonyl (C=O) groups excluding carboxylic acids is 1. The molecule has 5 nitrogen and oxygen atoms in total. The Kier molecular flexibility index (Phi) is 8.70. The predicted octanol–water partition coefficient (Wildman–Crippen LogP) is 2.76. The van der Waals surface area contributed by atoms with Crippen molar-refractivity contribution in [3.63, 3.8) is 0 Å². The summed E-state index contributed by atoms with van der Waals surface area (Å²) in [6, 6.07) is 0.888. The minimum Gasteiger partial charge on any atom is -0.381 e. The molecule has 1 aliphatic carbocycles. The van der Waals surface area contributed by atoms with Gasteiger partial charge in [-0.15, -0.1) is 0 Å². The van der Waals surface area contributed by atoms with E-state index in [4.69, 9.17) is 4.74 Å². The first-order valence-corrected chi connectivity index (χ1v) is 10.7. The number of amides is 2. The lowest BCUT2D eigenvalue weighted by molar-refractivity contribution is 0.0377. The average molecular weight is 358 g/mol. The molecule has 1 heterocycles. The molecule has 1 aliphatic heterocycles. The molecular formula is C18H35N3O2S. The SMILES string of the molecule is CCN(CCN(CC)C1CCC(OC)CC1)C(=O)N1CCSCC1. The second-order valence-electron chi connectivity index (χ2n) is 6.76. The summed E-state index contributed by atoms with van der Waals surface area (Å²) in [4.78, 5) is 19.3. The fourth-order valence-electron chi connectivity index (χ4n) is 3.84. The van der Waals surface area contributed by atoms with Crippen molar-refractivity contribution in [2.45, 2.75) is 51.7 Å². The van der Waals surface area contributed by atoms with Crippen molar-refractivity contribution >= 4 is 17.8 Å². The number of hydrogen-bond donors (Lipinski definition) is 0. The van der Waals surface area contributed by atoms with Gasteiger partial charge in [-0.2, -0.15) is 11.8 Å². The summed E-state index contributed by atoms with van der Waals surface area (Å²) in [7, 11) is 1.83. The first-order chi connectivity index (χ1) is 11.7. The van der Waals surface area contributed by atoms with E-state index in [-0.39, 0.29) is 6.03 Å². The van der Waals surface area contributed by atoms with Crippen LogP contribution in [0.25, 0.3) is 0 Å². The Morgan fingerprint density at radius 1 is 1.08 bits per heavy atom. The molecular weight excluding hydrogens is 322 g/mol. The fraction of sp³-hybridized carbons (Fsp3) is 0.944. The van der Waals surface area contributed by atoms with Gasteiger partial charge in [-0.25, -0.2) is 4.79 Å². The number of thioether (sulfide) groups is 1. The highest BCUT2D eigenvalue weighted by Crippen LogP contribution is 2.24. The summed E-state index contributed by atoms with van der Waals surface area (Å²) < 4.78 is 5.49. The van der Waals surface area contributed by atoms with Crippen molar-refractivity contribution in [1.82, 2.24) is 14.7 Å². The molecule has 2 amide bonds. The van der Waals surface area contributed by atoms with Gasteiger partial charge >= 0.3 is 6.03 Å². The highest BCUT2D eigenvalue weighted by Gasteiger charge is 2.26. The molecule has 2 rings (SSSR count). The Labute approximate surface area is 152 Å². The third kappa shape index (κ3) is 5.53. The third-order valence-corrected chi connectivity index (χ3v) is 6.43. The molecule has 0 unspecified atom stereocenters. The van der Waals surface area contributed by atoms with Gasteiger partial charge in [0.25, 0.3) is 0 Å². The third-order valence-electron chi connectivity index (χ3n) is 5.49. The lowest BCUT2D eigenvalue weighted by Crippen LogP contribution is -2.50. The van der Waals surface area contributed by atoms with E-state index >= 15 is 0 Å². The molecule has 0 aromatic heterocycles. The number of ether oxygens (including phenoxy) is 1. The average Bonchev–Trinajstić information content (AvgIpc) is 2.66. The van der Waals surface area contributed by atoms with Crippen LogP contribution in [0.3, 0.4) is 0 Å². The van der Waals surface area contributed by atoms with Gasteiger partial charge in [0.15, 0.2) is 0 Å². The normalized spacial score (nSPS) is 25.1. The number of methoxy groups -OCH3 is 1. The van der Waals surface area contributed by atoms with Gasteiger partial charge in [0.1, 0.15) is 0 Å². The van der Waals surface area contributed by atoms with Crippen LogP contribution in [0, 0.1) is 0 Å². The molecule has 140 valence electrons. The van der Waals surface area contributed by atoms with E-state index in [1.807, 2.05) is 28.7 Å². The van der Waals surface area contributed by atoms with Crippen molar-refractivity contribution in [3.8, 4) is 0 Å². The summed E-state index contributed by atoms with van der Waals surface area (Å²) in [5.74, 6) is 2.15. The molecule has 2 fully saturated rings. The van der Waals surface area contributed by atoms with Crippen LogP contribution in [0.15, 0.2) is 0 Å². The first-order valence-electron chi connectivity index (χ1n) is 9.58. The molecule has 0 N–H and O–H groups in total. The summed E-state index contributed by atoms with van der Waals surface area (Å²) in [5, 5.41) is 0. The zero-order chi connectivity index (χ0) is 17.4. The van der Waals surface area contributed by atoms with Crippen molar-refractivity contribution in [3.05, 3.63) is 0 Å². The lowest BCUT2D eigenvalue weighted by atomic mass is 9.92. The van der Waals surface area contributed by atoms with Crippen molar-refractivity contribution in [2.75, 3.05) is 57.9 Å². The van der Waals surface area contributed by atoms with E-state index in [0.717, 1.165) is 50.8 Å². The van der Waals surface area contributed by atoms with Crippen LogP contribution >= 0.6 is 11.8 Å². The van der Waals surface area contributed by atoms with Crippen LogP contribution in [0.5, 0.6) is 0 Å². The molecule has 0 bridgehead atoms. The summed E-state index contributed by atoms with van der Waals surface area (Å²) in [6.45, 7) is 9.83. The van der Waals surface area contributed by atoms with Crippen LogP contribution in [0.2, 0.25) is 0 Å². The molecule has 0 atom stereocenters. The number of hydrogen-bond acceptors (Lipinski definition) is 4. The number of likely N-dealkylation sites (N-methyl/N-ethyl adjacent to an activating group) is 2. The van der Waals surface area contributed by atoms with Crippen LogP contribution in [0.1, 0.15) is 39.5 Å². The van der Waals surface area contributed by atoms with Crippen molar-refractivity contribution in [1.29, 1.82) is 0 Å². The Bertz CT molecular complexity index is 369. The number of nitrogens with zero attached hydrogens (tertiary/aromatic N) is 3. The topological polar surface area (TPSA) is 36.0 Å². The second-order valence-corrected chi connectivity index (χ2v) is 7.98. The summed E-state index contributed by atoms with van der Waals surface area (Å²) in [5.41, 5.74) is 0. The maximum absolute atomic E-state index is 12.7. The molecule has 24 heavy (non-hydrogen) atoms. The van der Waals surface area contributed by atoms with Crippen molar-refractivity contribution < 1.29 is 9.53 Å². The minimum atomic E-state index is 0.233. The number of carbonyl (C=O) groups is 1. The maximum atomic E-state index is 12.7. The molecule has 0 radical (unpaired) electrons. The zero-order valence-electron chi connectivity index (χ0n) is 15.7. The molecule has 0 spiro atoms. The highest BCUT2D eigenvalue weighted by molar-refractivity contribution is 7.99. The van der Waals surface area contributed by atoms with E-state index in [0.29, 0.717) is 12.1 Å². The number of rotatable bonds is 7. The Morgan fingerprint density at radius 2 is 1.75 bits per heavy atom. The summed E-state index contributed by atoms with van der Waals surface area (Å²) in [6.07, 6.45) is 5.22. The van der Waals surface area contributed by atoms with Gasteiger partial charge in [0, 0.05) is 57.4 Å². The van der Waals surface area contributed by atoms with Crippen LogP contribution in [0.4, 0.5) is 4.79 Å². The fourth-order valence-corrected chi connectivity index (χ4v) is 4.74. The van der Waals surface area contributed by atoms with Gasteiger partial charge in [-0.05, 0) is 39.2 Å². The Hall–Kier alpha value is -0.460. The van der Waals surface area contributed by atoms with Crippen LogP contribution < -0.4 is 0 Å². The monoisotopic (exact) mass is 357 g/mol. The van der Waals surface area contributed by atoms with Crippen LogP contribution in [-0.4, -0.2) is 90.8 Å². The van der Waals surface area contributed by atoms with E-state index in [1.165, 1.54) is 25.7 Å². The number of urea groups is 1. The van der Waals surface area contributed by atoms with Gasteiger partial charge in [0.2, 0.25) is 0 Å². The van der Waals surface area contributed by atoms with E-state index in [1.54, 1.807) is 0 Å². The molecule has 0 aromatic rings. The van der Waals surface area contributed by atoms with Gasteiger partial charge in [0.05, 0.1) is 6.10 Å². The van der Waals surface area contributed by atoms with Gasteiger partial charge < -0.3 is 14.5 Å². The van der Waals surface area contributed by atoms with E-state index < -0.39 is 0 Å². The van der Waals surface area contributed by atoms with Crippen molar-refractivity contribution in [2.24, 2.45) is 0 Å². The smallest absolute Gasteiger partial charge is 0.320 e. The second kappa shape index (κ2) is 10.5. The molecule has 6 heteroatoms. The lowest BCUT2D eigenvalue weighted by Gasteiger charge is -2.38. The Balaban J connectivity index is 1.80. The molecule has 1 saturated heterocycles. The predicted molar refractivity (Wildman–Crippen MR) is 102 cm³/mol. The minimum absolute atomic E-state index is 0.233. The largest absolute Gasteiger partial charge is 0.381 e. The quantitative estimate of drug-likeness (QED) is 0.702. The molecule has 1 saturated carbocycles. The van der Waals surface area contributed by atoms with Gasteiger partial charge in [-0.1, -0.05) is 6.92 Å². The van der Waals surface area contributed by atoms with Gasteiger partial charge in [-0.3, -0.25) is 4.90 Å². The first kappa shape index (κ1) is 19.9. The highest BCUT2D eigenvalue weighted by atomic mass is 32.2. The van der Waals surface area contributed by atoms with E-state index in [9.17, 15) is 4.79 Å².